The normalized spacial score (nSPS) is 15.9. The lowest BCUT2D eigenvalue weighted by atomic mass is 9.89. The number of carbonyl (C=O) groups excluding carboxylic acids is 1. The van der Waals surface area contributed by atoms with E-state index in [1.165, 1.54) is 17.7 Å². The molecule has 0 radical (unpaired) electrons. The first kappa shape index (κ1) is 14.6. The van der Waals surface area contributed by atoms with Gasteiger partial charge < -0.3 is 15.2 Å². The highest BCUT2D eigenvalue weighted by molar-refractivity contribution is 6.15. The summed E-state index contributed by atoms with van der Waals surface area (Å²) in [5.74, 6) is -0.354. The van der Waals surface area contributed by atoms with Crippen LogP contribution in [0.4, 0.5) is 0 Å². The van der Waals surface area contributed by atoms with Crippen molar-refractivity contribution in [3.05, 3.63) is 64.4 Å². The molecule has 0 saturated carbocycles. The van der Waals surface area contributed by atoms with Gasteiger partial charge in [0.1, 0.15) is 0 Å². The molecule has 24 heavy (non-hydrogen) atoms. The van der Waals surface area contributed by atoms with E-state index in [4.69, 9.17) is 0 Å². The second-order valence-electron chi connectivity index (χ2n) is 6.27. The lowest BCUT2D eigenvalue weighted by Gasteiger charge is -2.14. The van der Waals surface area contributed by atoms with Crippen LogP contribution in [-0.2, 0) is 6.42 Å². The molecule has 120 valence electrons. The molecule has 0 bridgehead atoms. The zero-order valence-corrected chi connectivity index (χ0v) is 13.3. The third kappa shape index (κ3) is 2.27. The van der Waals surface area contributed by atoms with Gasteiger partial charge in [-0.2, -0.15) is 0 Å². The van der Waals surface area contributed by atoms with Gasteiger partial charge in [-0.25, -0.2) is 0 Å². The topological polar surface area (TPSA) is 73.3 Å². The van der Waals surface area contributed by atoms with Crippen LogP contribution in [0.2, 0.25) is 0 Å². The number of hydrogen-bond donors (Lipinski definition) is 3. The second kappa shape index (κ2) is 5.27. The van der Waals surface area contributed by atoms with Gasteiger partial charge in [0.15, 0.2) is 11.5 Å². The Balaban J connectivity index is 1.77. The van der Waals surface area contributed by atoms with Gasteiger partial charge >= 0.3 is 0 Å². The predicted octanol–water partition coefficient (Wildman–Crippen LogP) is 4.10. The Kier molecular flexibility index (Phi) is 3.20. The number of rotatable bonds is 1. The van der Waals surface area contributed by atoms with Crippen molar-refractivity contribution in [2.24, 2.45) is 0 Å². The number of Topliss-reactive ketones (excluding diaryl/α,β-unsaturated/α-hetero) is 1. The van der Waals surface area contributed by atoms with Crippen LogP contribution < -0.4 is 0 Å². The van der Waals surface area contributed by atoms with Crippen molar-refractivity contribution in [3.8, 4) is 11.5 Å². The number of H-pyrrole nitrogens is 1. The Bertz CT molecular complexity index is 1010. The van der Waals surface area contributed by atoms with E-state index in [1.807, 2.05) is 19.1 Å². The zero-order valence-electron chi connectivity index (χ0n) is 13.3. The fraction of sp³-hybridized carbons (Fsp3) is 0.150. The summed E-state index contributed by atoms with van der Waals surface area (Å²) >= 11 is 0. The number of phenols is 2. The summed E-state index contributed by atoms with van der Waals surface area (Å²) < 4.78 is 0. The summed E-state index contributed by atoms with van der Waals surface area (Å²) in [4.78, 5) is 16.1. The van der Waals surface area contributed by atoms with Crippen LogP contribution in [0.5, 0.6) is 11.5 Å². The molecule has 0 amide bonds. The van der Waals surface area contributed by atoms with Gasteiger partial charge in [0, 0.05) is 16.5 Å². The van der Waals surface area contributed by atoms with Crippen molar-refractivity contribution in [1.29, 1.82) is 0 Å². The van der Waals surface area contributed by atoms with E-state index in [1.54, 1.807) is 12.1 Å². The molecule has 0 spiro atoms. The van der Waals surface area contributed by atoms with E-state index in [0.29, 0.717) is 23.3 Å². The minimum Gasteiger partial charge on any atom is -0.504 e. The highest BCUT2D eigenvalue weighted by Crippen LogP contribution is 2.33. The van der Waals surface area contributed by atoms with Crippen LogP contribution >= 0.6 is 0 Å². The Morgan fingerprint density at radius 2 is 1.88 bits per heavy atom. The number of fused-ring (bicyclic) bond motifs is 3. The maximum Gasteiger partial charge on any atom is 0.205 e. The quantitative estimate of drug-likeness (QED) is 0.467. The molecule has 3 aromatic rings. The first-order chi connectivity index (χ1) is 11.5. The monoisotopic (exact) mass is 319 g/mol. The Morgan fingerprint density at radius 1 is 1.04 bits per heavy atom. The van der Waals surface area contributed by atoms with Crippen molar-refractivity contribution in [1.82, 2.24) is 4.98 Å². The molecule has 1 heterocycles. The predicted molar refractivity (Wildman–Crippen MR) is 93.4 cm³/mol. The van der Waals surface area contributed by atoms with Crippen LogP contribution in [0.25, 0.3) is 17.0 Å². The Labute approximate surface area is 139 Å². The molecule has 1 aliphatic carbocycles. The SMILES string of the molecule is Cc1ccc2[nH]c3c(c2c1)CC/C(=C\c1ccc(O)c(O)c1)C3=O. The number of aryl methyl sites for hydroxylation is 2. The summed E-state index contributed by atoms with van der Waals surface area (Å²) in [5.41, 5.74) is 5.32. The second-order valence-corrected chi connectivity index (χ2v) is 6.27. The van der Waals surface area contributed by atoms with Gasteiger partial charge in [0.2, 0.25) is 5.78 Å². The molecule has 1 aliphatic rings. The molecular formula is C20H17NO3. The number of benzene rings is 2. The highest BCUT2D eigenvalue weighted by Gasteiger charge is 2.25. The highest BCUT2D eigenvalue weighted by atomic mass is 16.3. The van der Waals surface area contributed by atoms with E-state index in [2.05, 4.69) is 11.1 Å². The van der Waals surface area contributed by atoms with Crippen molar-refractivity contribution in [2.75, 3.05) is 0 Å². The number of aromatic amines is 1. The number of aromatic hydroxyl groups is 2. The molecule has 4 heteroatoms. The van der Waals surface area contributed by atoms with Crippen LogP contribution in [0, 0.1) is 6.92 Å². The van der Waals surface area contributed by atoms with Gasteiger partial charge in [-0.05, 0) is 61.2 Å². The van der Waals surface area contributed by atoms with Crippen LogP contribution in [0.3, 0.4) is 0 Å². The number of hydrogen-bond acceptors (Lipinski definition) is 3. The lowest BCUT2D eigenvalue weighted by molar-refractivity contribution is 0.102. The third-order valence-corrected chi connectivity index (χ3v) is 4.57. The van der Waals surface area contributed by atoms with Gasteiger partial charge in [0.05, 0.1) is 5.69 Å². The maximum atomic E-state index is 12.8. The summed E-state index contributed by atoms with van der Waals surface area (Å²) in [7, 11) is 0. The molecule has 0 atom stereocenters. The van der Waals surface area contributed by atoms with Crippen LogP contribution in [-0.4, -0.2) is 21.0 Å². The first-order valence-electron chi connectivity index (χ1n) is 7.91. The van der Waals surface area contributed by atoms with E-state index in [9.17, 15) is 15.0 Å². The van der Waals surface area contributed by atoms with Crippen molar-refractivity contribution >= 4 is 22.8 Å². The molecule has 4 rings (SSSR count). The minimum absolute atomic E-state index is 0.00216. The number of phenolic OH excluding ortho intramolecular Hbond substituents is 2. The molecular weight excluding hydrogens is 302 g/mol. The number of aromatic nitrogens is 1. The summed E-state index contributed by atoms with van der Waals surface area (Å²) in [6, 6.07) is 10.7. The van der Waals surface area contributed by atoms with Crippen molar-refractivity contribution in [2.45, 2.75) is 19.8 Å². The van der Waals surface area contributed by atoms with E-state index >= 15 is 0 Å². The summed E-state index contributed by atoms with van der Waals surface area (Å²) in [5, 5.41) is 20.1. The van der Waals surface area contributed by atoms with Crippen LogP contribution in [0.1, 0.15) is 33.6 Å². The van der Waals surface area contributed by atoms with Gasteiger partial charge in [0.25, 0.3) is 0 Å². The number of carbonyl (C=O) groups is 1. The number of allylic oxidation sites excluding steroid dienone is 1. The van der Waals surface area contributed by atoms with Gasteiger partial charge in [-0.1, -0.05) is 17.7 Å². The van der Waals surface area contributed by atoms with E-state index in [-0.39, 0.29) is 17.3 Å². The average molecular weight is 319 g/mol. The largest absolute Gasteiger partial charge is 0.504 e. The van der Waals surface area contributed by atoms with Gasteiger partial charge in [-0.15, -0.1) is 0 Å². The minimum atomic E-state index is -0.186. The van der Waals surface area contributed by atoms with Gasteiger partial charge in [-0.3, -0.25) is 4.79 Å². The van der Waals surface area contributed by atoms with E-state index < -0.39 is 0 Å². The van der Waals surface area contributed by atoms with E-state index in [0.717, 1.165) is 22.9 Å². The zero-order chi connectivity index (χ0) is 16.8. The molecule has 2 aromatic carbocycles. The molecule has 0 fully saturated rings. The standard InChI is InChI=1S/C20H17NO3/c1-11-2-6-16-15(8-11)14-5-4-13(20(24)19(14)21-16)9-12-3-7-17(22)18(23)10-12/h2-3,6-10,21-23H,4-5H2,1H3/b13-9+. The summed E-state index contributed by atoms with van der Waals surface area (Å²) in [6.07, 6.45) is 3.25. The summed E-state index contributed by atoms with van der Waals surface area (Å²) in [6.45, 7) is 2.05. The average Bonchev–Trinajstić information content (AvgIpc) is 2.92. The molecule has 0 aliphatic heterocycles. The first-order valence-corrected chi connectivity index (χ1v) is 7.91. The molecule has 0 saturated heterocycles. The van der Waals surface area contributed by atoms with Crippen LogP contribution in [0.15, 0.2) is 42.0 Å². The lowest BCUT2D eigenvalue weighted by Crippen LogP contribution is -2.13. The smallest absolute Gasteiger partial charge is 0.205 e. The third-order valence-electron chi connectivity index (χ3n) is 4.57. The van der Waals surface area contributed by atoms with Crippen molar-refractivity contribution in [3.63, 3.8) is 0 Å². The molecule has 1 aromatic heterocycles. The molecule has 0 unspecified atom stereocenters. The molecule has 4 nitrogen and oxygen atoms in total. The maximum absolute atomic E-state index is 12.8. The fourth-order valence-electron chi connectivity index (χ4n) is 3.32. The Hall–Kier alpha value is -3.01. The van der Waals surface area contributed by atoms with Crippen molar-refractivity contribution < 1.29 is 15.0 Å². The molecule has 3 N–H and O–H groups in total. The number of ketones is 1. The number of nitrogens with one attached hydrogen (secondary N) is 1. The Morgan fingerprint density at radius 3 is 2.67 bits per heavy atom. The fourth-order valence-corrected chi connectivity index (χ4v) is 3.32.